The van der Waals surface area contributed by atoms with Crippen LogP contribution in [0.25, 0.3) is 39.5 Å². The van der Waals surface area contributed by atoms with Crippen LogP contribution in [0.1, 0.15) is 37.2 Å². The van der Waals surface area contributed by atoms with Crippen molar-refractivity contribution in [3.8, 4) is 28.3 Å². The molecule has 1 aliphatic heterocycles. The van der Waals surface area contributed by atoms with E-state index >= 15 is 4.39 Å². The second-order valence-corrected chi connectivity index (χ2v) is 12.0. The number of aromatic nitrogens is 4. The van der Waals surface area contributed by atoms with Crippen LogP contribution in [0.15, 0.2) is 79.0 Å². The van der Waals surface area contributed by atoms with Crippen LogP contribution in [0.3, 0.4) is 0 Å². The van der Waals surface area contributed by atoms with Crippen molar-refractivity contribution in [3.05, 3.63) is 90.4 Å². The highest BCUT2D eigenvalue weighted by molar-refractivity contribution is 5.84. The Labute approximate surface area is 255 Å². The largest absolute Gasteiger partial charge is 0.469 e. The Morgan fingerprint density at radius 3 is 2.50 bits per heavy atom. The number of fused-ring (bicyclic) bond motifs is 1. The summed E-state index contributed by atoms with van der Waals surface area (Å²) < 4.78 is 22.7. The Kier molecular flexibility index (Phi) is 7.56. The standard InChI is InChI=1S/C35H35FN6O2/c1-44-35(43)24-11-9-22(10-12-24)19-41-20-25(21-41)27-14-13-26(18-29(27)36)42-33(28-8-5-17-38-32(28)37)40-31-16-15-30(39-34(31)42)23-6-3-2-4-7-23/h2-8,13-18,22,24-25H,9-12,19-21H2,1H3,(H2,37,38). The minimum atomic E-state index is -0.239. The van der Waals surface area contributed by atoms with Gasteiger partial charge in [-0.25, -0.2) is 19.3 Å². The summed E-state index contributed by atoms with van der Waals surface area (Å²) in [5.74, 6) is 1.34. The van der Waals surface area contributed by atoms with Crippen molar-refractivity contribution in [3.63, 3.8) is 0 Å². The number of nitrogens with zero attached hydrogens (tertiary/aromatic N) is 5. The first-order valence-corrected chi connectivity index (χ1v) is 15.2. The van der Waals surface area contributed by atoms with Crippen molar-refractivity contribution in [2.75, 3.05) is 32.5 Å². The van der Waals surface area contributed by atoms with E-state index in [4.69, 9.17) is 20.4 Å². The Morgan fingerprint density at radius 2 is 1.77 bits per heavy atom. The average molecular weight is 591 g/mol. The third kappa shape index (κ3) is 5.32. The quantitative estimate of drug-likeness (QED) is 0.224. The molecule has 1 saturated heterocycles. The van der Waals surface area contributed by atoms with Gasteiger partial charge in [0.15, 0.2) is 11.5 Å². The number of hydrogen-bond acceptors (Lipinski definition) is 7. The lowest BCUT2D eigenvalue weighted by Crippen LogP contribution is -2.47. The van der Waals surface area contributed by atoms with Gasteiger partial charge in [-0.2, -0.15) is 0 Å². The van der Waals surface area contributed by atoms with Crippen molar-refractivity contribution >= 4 is 23.0 Å². The number of imidazole rings is 1. The van der Waals surface area contributed by atoms with Gasteiger partial charge in [0.25, 0.3) is 0 Å². The summed E-state index contributed by atoms with van der Waals surface area (Å²) in [5.41, 5.74) is 11.4. The van der Waals surface area contributed by atoms with E-state index in [-0.39, 0.29) is 23.6 Å². The first-order chi connectivity index (χ1) is 21.5. The number of rotatable bonds is 7. The monoisotopic (exact) mass is 590 g/mol. The zero-order valence-electron chi connectivity index (χ0n) is 24.7. The molecule has 3 aromatic heterocycles. The topological polar surface area (TPSA) is 99.2 Å². The molecular formula is C35H35FN6O2. The van der Waals surface area contributed by atoms with Crippen LogP contribution in [0.4, 0.5) is 10.2 Å². The van der Waals surface area contributed by atoms with E-state index in [0.717, 1.165) is 62.1 Å². The average Bonchev–Trinajstić information content (AvgIpc) is 3.42. The number of anilines is 1. The molecule has 5 aromatic rings. The number of carbonyl (C=O) groups is 1. The molecular weight excluding hydrogens is 555 g/mol. The number of likely N-dealkylation sites (tertiary alicyclic amines) is 1. The summed E-state index contributed by atoms with van der Waals surface area (Å²) in [7, 11) is 1.46. The molecule has 0 radical (unpaired) electrons. The number of nitrogens with two attached hydrogens (primary N) is 1. The van der Waals surface area contributed by atoms with Crippen molar-refractivity contribution in [1.29, 1.82) is 0 Å². The molecule has 0 amide bonds. The summed E-state index contributed by atoms with van der Waals surface area (Å²) in [6.07, 6.45) is 5.49. The van der Waals surface area contributed by atoms with Gasteiger partial charge in [0, 0.05) is 37.3 Å². The normalized spacial score (nSPS) is 19.1. The van der Waals surface area contributed by atoms with Gasteiger partial charge in [0.2, 0.25) is 0 Å². The predicted octanol–water partition coefficient (Wildman–Crippen LogP) is 6.25. The first-order valence-electron chi connectivity index (χ1n) is 15.2. The molecule has 0 spiro atoms. The molecule has 2 N–H and O–H groups in total. The fourth-order valence-electron chi connectivity index (χ4n) is 6.77. The number of methoxy groups -OCH3 is 1. The van der Waals surface area contributed by atoms with E-state index in [9.17, 15) is 4.79 Å². The summed E-state index contributed by atoms with van der Waals surface area (Å²) >= 11 is 0. The molecule has 0 atom stereocenters. The molecule has 224 valence electrons. The number of nitrogen functional groups attached to an aromatic ring is 1. The van der Waals surface area contributed by atoms with Gasteiger partial charge in [0.05, 0.1) is 30.0 Å². The molecule has 4 heterocycles. The minimum Gasteiger partial charge on any atom is -0.469 e. The molecule has 7 rings (SSSR count). The molecule has 44 heavy (non-hydrogen) atoms. The Morgan fingerprint density at radius 1 is 0.977 bits per heavy atom. The van der Waals surface area contributed by atoms with Crippen LogP contribution in [0.2, 0.25) is 0 Å². The molecule has 2 aliphatic rings. The van der Waals surface area contributed by atoms with Gasteiger partial charge in [0.1, 0.15) is 17.2 Å². The lowest BCUT2D eigenvalue weighted by atomic mass is 9.80. The number of hydrogen-bond donors (Lipinski definition) is 1. The maximum Gasteiger partial charge on any atom is 0.308 e. The van der Waals surface area contributed by atoms with Crippen LogP contribution in [-0.4, -0.2) is 57.1 Å². The first kappa shape index (κ1) is 28.2. The fourth-order valence-corrected chi connectivity index (χ4v) is 6.77. The Balaban J connectivity index is 1.15. The van der Waals surface area contributed by atoms with Crippen LogP contribution in [-0.2, 0) is 9.53 Å². The van der Waals surface area contributed by atoms with Crippen LogP contribution < -0.4 is 5.73 Å². The number of carbonyl (C=O) groups excluding carboxylic acids is 1. The molecule has 2 aromatic carbocycles. The van der Waals surface area contributed by atoms with Gasteiger partial charge in [-0.15, -0.1) is 0 Å². The number of ether oxygens (including phenoxy) is 1. The SMILES string of the molecule is COC(=O)C1CCC(CN2CC(c3ccc(-n4c(-c5cccnc5N)nc5ccc(-c6ccccc6)nc54)cc3F)C2)CC1. The van der Waals surface area contributed by atoms with Gasteiger partial charge < -0.3 is 15.4 Å². The molecule has 8 nitrogen and oxygen atoms in total. The maximum absolute atomic E-state index is 15.9. The number of esters is 1. The van der Waals surface area contributed by atoms with Gasteiger partial charge in [-0.3, -0.25) is 9.36 Å². The highest BCUT2D eigenvalue weighted by atomic mass is 19.1. The van der Waals surface area contributed by atoms with Gasteiger partial charge >= 0.3 is 5.97 Å². The molecule has 1 aliphatic carbocycles. The van der Waals surface area contributed by atoms with Crippen LogP contribution >= 0.6 is 0 Å². The van der Waals surface area contributed by atoms with Crippen molar-refractivity contribution in [2.24, 2.45) is 11.8 Å². The molecule has 9 heteroatoms. The summed E-state index contributed by atoms with van der Waals surface area (Å²) in [6.45, 7) is 2.66. The smallest absolute Gasteiger partial charge is 0.308 e. The van der Waals surface area contributed by atoms with Gasteiger partial charge in [-0.05, 0) is 73.6 Å². The minimum absolute atomic E-state index is 0.0378. The van der Waals surface area contributed by atoms with Crippen molar-refractivity contribution < 1.29 is 13.9 Å². The lowest BCUT2D eigenvalue weighted by Gasteiger charge is -2.42. The zero-order chi connectivity index (χ0) is 30.2. The summed E-state index contributed by atoms with van der Waals surface area (Å²) in [5, 5.41) is 0. The second kappa shape index (κ2) is 11.8. The van der Waals surface area contributed by atoms with E-state index in [2.05, 4.69) is 9.88 Å². The highest BCUT2D eigenvalue weighted by Crippen LogP contribution is 2.36. The van der Waals surface area contributed by atoms with Crippen molar-refractivity contribution in [1.82, 2.24) is 24.4 Å². The predicted molar refractivity (Wildman–Crippen MR) is 169 cm³/mol. The maximum atomic E-state index is 15.9. The van der Waals surface area contributed by atoms with E-state index in [1.54, 1.807) is 12.3 Å². The van der Waals surface area contributed by atoms with Crippen LogP contribution in [0.5, 0.6) is 0 Å². The summed E-state index contributed by atoms with van der Waals surface area (Å²) in [4.78, 5) is 28.4. The number of benzene rings is 2. The third-order valence-electron chi connectivity index (χ3n) is 9.19. The third-order valence-corrected chi connectivity index (χ3v) is 9.19. The molecule has 2 fully saturated rings. The molecule has 0 unspecified atom stereocenters. The summed E-state index contributed by atoms with van der Waals surface area (Å²) in [6, 6.07) is 23.0. The van der Waals surface area contributed by atoms with E-state index in [1.165, 1.54) is 7.11 Å². The number of halogens is 1. The molecule has 1 saturated carbocycles. The Bertz CT molecular complexity index is 1810. The van der Waals surface area contributed by atoms with Crippen LogP contribution in [0, 0.1) is 17.7 Å². The molecule has 0 bridgehead atoms. The number of pyridine rings is 2. The zero-order valence-corrected chi connectivity index (χ0v) is 24.7. The fraction of sp³-hybridized carbons (Fsp3) is 0.314. The highest BCUT2D eigenvalue weighted by Gasteiger charge is 2.34. The van der Waals surface area contributed by atoms with E-state index in [0.29, 0.717) is 40.0 Å². The Hall–Kier alpha value is -4.63. The lowest BCUT2D eigenvalue weighted by molar-refractivity contribution is -0.146. The van der Waals surface area contributed by atoms with Gasteiger partial charge in [-0.1, -0.05) is 36.4 Å². The van der Waals surface area contributed by atoms with Crippen molar-refractivity contribution in [2.45, 2.75) is 31.6 Å². The van der Waals surface area contributed by atoms with E-state index in [1.807, 2.05) is 71.3 Å². The van der Waals surface area contributed by atoms with E-state index < -0.39 is 0 Å². The second-order valence-electron chi connectivity index (χ2n) is 12.0.